The van der Waals surface area contributed by atoms with E-state index in [2.05, 4.69) is 0 Å². The van der Waals surface area contributed by atoms with Gasteiger partial charge < -0.3 is 15.3 Å². The molecule has 0 heterocycles. The minimum atomic E-state index is -0.848. The van der Waals surface area contributed by atoms with Crippen LogP contribution in [0.25, 0.3) is 0 Å². The first-order valence-corrected chi connectivity index (χ1v) is 2.82. The highest BCUT2D eigenvalue weighted by Crippen LogP contribution is 1.87. The van der Waals surface area contributed by atoms with Crippen molar-refractivity contribution >= 4 is 0 Å². The summed E-state index contributed by atoms with van der Waals surface area (Å²) in [6, 6.07) is 0. The molecule has 0 radical (unpaired) electrons. The van der Waals surface area contributed by atoms with Gasteiger partial charge in [-0.15, -0.1) is 0 Å². The zero-order valence-corrected chi connectivity index (χ0v) is 5.36. The average molecular weight is 132 g/mol. The summed E-state index contributed by atoms with van der Waals surface area (Å²) in [5.41, 5.74) is 0. The zero-order valence-electron chi connectivity index (χ0n) is 5.36. The SMILES string of the molecule is CC(O)C=CC(O)CO. The molecule has 3 nitrogen and oxygen atoms in total. The van der Waals surface area contributed by atoms with E-state index in [-0.39, 0.29) is 6.61 Å². The minimum Gasteiger partial charge on any atom is -0.393 e. The van der Waals surface area contributed by atoms with Crippen molar-refractivity contribution in [3.05, 3.63) is 12.2 Å². The average Bonchev–Trinajstić information content (AvgIpc) is 1.83. The summed E-state index contributed by atoms with van der Waals surface area (Å²) >= 11 is 0. The molecule has 0 aliphatic rings. The highest BCUT2D eigenvalue weighted by Gasteiger charge is 1.93. The van der Waals surface area contributed by atoms with Crippen LogP contribution in [0.3, 0.4) is 0 Å². The Balaban J connectivity index is 3.43. The molecule has 2 atom stereocenters. The van der Waals surface area contributed by atoms with Gasteiger partial charge in [-0.3, -0.25) is 0 Å². The van der Waals surface area contributed by atoms with Crippen LogP contribution >= 0.6 is 0 Å². The van der Waals surface area contributed by atoms with Gasteiger partial charge >= 0.3 is 0 Å². The second-order valence-corrected chi connectivity index (χ2v) is 1.88. The third kappa shape index (κ3) is 5.49. The summed E-state index contributed by atoms with van der Waals surface area (Å²) in [6.45, 7) is 1.27. The molecule has 0 aliphatic carbocycles. The second kappa shape index (κ2) is 4.49. The van der Waals surface area contributed by atoms with Gasteiger partial charge in [-0.05, 0) is 6.92 Å². The third-order valence-corrected chi connectivity index (χ3v) is 0.799. The maximum atomic E-state index is 8.66. The molecule has 0 amide bonds. The molecule has 0 saturated heterocycles. The van der Waals surface area contributed by atoms with Crippen LogP contribution in [0.15, 0.2) is 12.2 Å². The third-order valence-electron chi connectivity index (χ3n) is 0.799. The molecule has 0 aromatic heterocycles. The molecule has 0 bridgehead atoms. The quantitative estimate of drug-likeness (QED) is 0.444. The Bertz CT molecular complexity index is 88.3. The van der Waals surface area contributed by atoms with Crippen LogP contribution < -0.4 is 0 Å². The zero-order chi connectivity index (χ0) is 7.28. The molecule has 0 aliphatic heterocycles. The molecule has 0 fully saturated rings. The van der Waals surface area contributed by atoms with Gasteiger partial charge in [0.15, 0.2) is 0 Å². The van der Waals surface area contributed by atoms with Gasteiger partial charge in [0.05, 0.1) is 18.8 Å². The molecule has 0 spiro atoms. The molecule has 0 saturated carbocycles. The number of aliphatic hydroxyl groups excluding tert-OH is 3. The van der Waals surface area contributed by atoms with Crippen LogP contribution in [0.2, 0.25) is 0 Å². The van der Waals surface area contributed by atoms with E-state index in [0.29, 0.717) is 0 Å². The normalized spacial score (nSPS) is 18.2. The van der Waals surface area contributed by atoms with Crippen LogP contribution in [-0.2, 0) is 0 Å². The lowest BCUT2D eigenvalue weighted by Gasteiger charge is -1.98. The van der Waals surface area contributed by atoms with Crippen molar-refractivity contribution in [2.75, 3.05) is 6.61 Å². The Morgan fingerprint density at radius 2 is 1.89 bits per heavy atom. The van der Waals surface area contributed by atoms with Gasteiger partial charge in [0.1, 0.15) is 0 Å². The van der Waals surface area contributed by atoms with Crippen molar-refractivity contribution in [3.63, 3.8) is 0 Å². The van der Waals surface area contributed by atoms with Crippen LogP contribution in [0.4, 0.5) is 0 Å². The molecule has 3 N–H and O–H groups in total. The lowest BCUT2D eigenvalue weighted by atomic mass is 10.3. The lowest BCUT2D eigenvalue weighted by Crippen LogP contribution is -2.08. The molecule has 9 heavy (non-hydrogen) atoms. The topological polar surface area (TPSA) is 60.7 Å². The van der Waals surface area contributed by atoms with Gasteiger partial charge in [0, 0.05) is 0 Å². The molecule has 2 unspecified atom stereocenters. The molecule has 0 aromatic rings. The van der Waals surface area contributed by atoms with Gasteiger partial charge in [-0.2, -0.15) is 0 Å². The van der Waals surface area contributed by atoms with E-state index in [1.807, 2.05) is 0 Å². The summed E-state index contributed by atoms with van der Waals surface area (Å²) < 4.78 is 0. The first-order chi connectivity index (χ1) is 4.16. The lowest BCUT2D eigenvalue weighted by molar-refractivity contribution is 0.129. The van der Waals surface area contributed by atoms with E-state index in [1.165, 1.54) is 12.2 Å². The van der Waals surface area contributed by atoms with Gasteiger partial charge in [0.2, 0.25) is 0 Å². The predicted molar refractivity (Wildman–Crippen MR) is 33.9 cm³/mol. The monoisotopic (exact) mass is 132 g/mol. The highest BCUT2D eigenvalue weighted by atomic mass is 16.3. The fourth-order valence-corrected chi connectivity index (χ4v) is 0.350. The van der Waals surface area contributed by atoms with Crippen molar-refractivity contribution in [1.29, 1.82) is 0 Å². The van der Waals surface area contributed by atoms with Crippen molar-refractivity contribution < 1.29 is 15.3 Å². The number of hydrogen-bond acceptors (Lipinski definition) is 3. The van der Waals surface area contributed by atoms with E-state index < -0.39 is 12.2 Å². The van der Waals surface area contributed by atoms with E-state index in [4.69, 9.17) is 15.3 Å². The fraction of sp³-hybridized carbons (Fsp3) is 0.667. The Morgan fingerprint density at radius 3 is 2.22 bits per heavy atom. The van der Waals surface area contributed by atoms with Gasteiger partial charge in [-0.25, -0.2) is 0 Å². The Hall–Kier alpha value is -0.380. The Labute approximate surface area is 54.3 Å². The van der Waals surface area contributed by atoms with E-state index in [1.54, 1.807) is 6.92 Å². The van der Waals surface area contributed by atoms with Gasteiger partial charge in [-0.1, -0.05) is 12.2 Å². The summed E-state index contributed by atoms with van der Waals surface area (Å²) in [5.74, 6) is 0. The second-order valence-electron chi connectivity index (χ2n) is 1.88. The predicted octanol–water partition coefficient (Wildman–Crippen LogP) is -0.723. The fourth-order valence-electron chi connectivity index (χ4n) is 0.350. The van der Waals surface area contributed by atoms with Crippen molar-refractivity contribution in [1.82, 2.24) is 0 Å². The summed E-state index contributed by atoms with van der Waals surface area (Å²) in [7, 11) is 0. The maximum Gasteiger partial charge on any atom is 0.0952 e. The molecule has 54 valence electrons. The van der Waals surface area contributed by atoms with E-state index in [9.17, 15) is 0 Å². The molecular weight excluding hydrogens is 120 g/mol. The first-order valence-electron chi connectivity index (χ1n) is 2.82. The molecule has 3 heteroatoms. The molecule has 0 rings (SSSR count). The molecular formula is C6H12O3. The Morgan fingerprint density at radius 1 is 1.33 bits per heavy atom. The van der Waals surface area contributed by atoms with Crippen molar-refractivity contribution in [2.24, 2.45) is 0 Å². The largest absolute Gasteiger partial charge is 0.393 e. The van der Waals surface area contributed by atoms with E-state index >= 15 is 0 Å². The van der Waals surface area contributed by atoms with E-state index in [0.717, 1.165) is 0 Å². The number of aliphatic hydroxyl groups is 3. The van der Waals surface area contributed by atoms with Crippen LogP contribution in [0, 0.1) is 0 Å². The summed E-state index contributed by atoms with van der Waals surface area (Å²) in [4.78, 5) is 0. The van der Waals surface area contributed by atoms with Crippen LogP contribution in [0.5, 0.6) is 0 Å². The van der Waals surface area contributed by atoms with Crippen LogP contribution in [-0.4, -0.2) is 34.1 Å². The molecule has 0 aromatic carbocycles. The highest BCUT2D eigenvalue weighted by molar-refractivity contribution is 4.91. The first kappa shape index (κ1) is 8.62. The standard InChI is InChI=1S/C6H12O3/c1-5(8)2-3-6(9)4-7/h2-3,5-9H,4H2,1H3. The van der Waals surface area contributed by atoms with Crippen molar-refractivity contribution in [2.45, 2.75) is 19.1 Å². The maximum absolute atomic E-state index is 8.66. The number of hydrogen-bond donors (Lipinski definition) is 3. The van der Waals surface area contributed by atoms with Crippen LogP contribution in [0.1, 0.15) is 6.92 Å². The summed E-state index contributed by atoms with van der Waals surface area (Å²) in [5, 5.41) is 25.5. The Kier molecular flexibility index (Phi) is 4.30. The van der Waals surface area contributed by atoms with Crippen molar-refractivity contribution in [3.8, 4) is 0 Å². The smallest absolute Gasteiger partial charge is 0.0952 e. The minimum absolute atomic E-state index is 0.302. The summed E-state index contributed by atoms with van der Waals surface area (Å²) in [6.07, 6.45) is 1.36. The van der Waals surface area contributed by atoms with Gasteiger partial charge in [0.25, 0.3) is 0 Å². The number of rotatable bonds is 3.